The third-order valence-electron chi connectivity index (χ3n) is 4.68. The normalized spacial score (nSPS) is 13.1. The molecule has 1 aliphatic heterocycles. The lowest BCUT2D eigenvalue weighted by Gasteiger charge is -2.16. The van der Waals surface area contributed by atoms with Crippen LogP contribution in [-0.2, 0) is 22.6 Å². The molecule has 0 aromatic heterocycles. The number of guanidine groups is 1. The summed E-state index contributed by atoms with van der Waals surface area (Å²) in [4.78, 5) is 18.5. The fourth-order valence-electron chi connectivity index (χ4n) is 3.06. The van der Waals surface area contributed by atoms with E-state index in [2.05, 4.69) is 34.7 Å². The van der Waals surface area contributed by atoms with Crippen LogP contribution in [0, 0.1) is 0 Å². The number of fused-ring (bicyclic) bond motifs is 1. The summed E-state index contributed by atoms with van der Waals surface area (Å²) in [7, 11) is 1.76. The average molecular weight is 502 g/mol. The van der Waals surface area contributed by atoms with Crippen molar-refractivity contribution in [2.45, 2.75) is 52.1 Å². The van der Waals surface area contributed by atoms with Crippen molar-refractivity contribution in [3.05, 3.63) is 35.4 Å². The van der Waals surface area contributed by atoms with Crippen LogP contribution in [0.1, 0.15) is 50.2 Å². The Kier molecular flexibility index (Phi) is 12.9. The summed E-state index contributed by atoms with van der Waals surface area (Å²) < 4.78 is 5.54. The van der Waals surface area contributed by atoms with E-state index in [1.807, 2.05) is 17.0 Å². The van der Waals surface area contributed by atoms with Gasteiger partial charge < -0.3 is 20.3 Å². The molecule has 1 amide bonds. The molecule has 0 saturated heterocycles. The highest BCUT2D eigenvalue weighted by atomic mass is 127. The van der Waals surface area contributed by atoms with Gasteiger partial charge in [0.25, 0.3) is 0 Å². The van der Waals surface area contributed by atoms with Gasteiger partial charge in [-0.3, -0.25) is 9.79 Å². The molecule has 0 spiro atoms. The molecule has 0 radical (unpaired) electrons. The second-order valence-corrected chi connectivity index (χ2v) is 6.87. The van der Waals surface area contributed by atoms with Crippen LogP contribution < -0.4 is 10.6 Å². The van der Waals surface area contributed by atoms with Crippen molar-refractivity contribution in [3.63, 3.8) is 0 Å². The van der Waals surface area contributed by atoms with Gasteiger partial charge in [-0.1, -0.05) is 37.6 Å². The third-order valence-corrected chi connectivity index (χ3v) is 4.68. The molecule has 28 heavy (non-hydrogen) atoms. The Morgan fingerprint density at radius 2 is 1.68 bits per heavy atom. The van der Waals surface area contributed by atoms with Crippen LogP contribution in [0.15, 0.2) is 29.3 Å². The van der Waals surface area contributed by atoms with E-state index in [0.717, 1.165) is 64.6 Å². The van der Waals surface area contributed by atoms with Crippen molar-refractivity contribution in [1.29, 1.82) is 0 Å². The summed E-state index contributed by atoms with van der Waals surface area (Å²) in [6, 6.07) is 8.28. The first-order valence-corrected chi connectivity index (χ1v) is 10.1. The first kappa shape index (κ1) is 24.7. The van der Waals surface area contributed by atoms with Crippen molar-refractivity contribution in [1.82, 2.24) is 15.5 Å². The van der Waals surface area contributed by atoms with Gasteiger partial charge in [0.05, 0.1) is 0 Å². The maximum atomic E-state index is 12.4. The Morgan fingerprint density at radius 3 is 2.29 bits per heavy atom. The zero-order chi connectivity index (χ0) is 19.3. The van der Waals surface area contributed by atoms with E-state index in [0.29, 0.717) is 6.42 Å². The predicted molar refractivity (Wildman–Crippen MR) is 125 cm³/mol. The molecule has 158 valence electrons. The molecule has 0 atom stereocenters. The van der Waals surface area contributed by atoms with E-state index in [-0.39, 0.29) is 29.9 Å². The number of unbranched alkanes of at least 4 members (excludes halogenated alkanes) is 1. The summed E-state index contributed by atoms with van der Waals surface area (Å²) in [5.74, 6) is 1.00. The molecule has 0 saturated carbocycles. The van der Waals surface area contributed by atoms with Crippen molar-refractivity contribution >= 4 is 35.8 Å². The van der Waals surface area contributed by atoms with Crippen molar-refractivity contribution in [2.24, 2.45) is 4.99 Å². The number of aliphatic imine (C=N–C) groups is 1. The number of amides is 1. The summed E-state index contributed by atoms with van der Waals surface area (Å²) in [5.41, 5.74) is 2.54. The molecule has 1 aromatic rings. The molecule has 0 fully saturated rings. The average Bonchev–Trinajstić information content (AvgIpc) is 3.13. The summed E-state index contributed by atoms with van der Waals surface area (Å²) in [6.45, 7) is 6.84. The van der Waals surface area contributed by atoms with Crippen LogP contribution >= 0.6 is 24.0 Å². The molecule has 7 heteroatoms. The zero-order valence-corrected chi connectivity index (χ0v) is 19.5. The van der Waals surface area contributed by atoms with E-state index in [1.54, 1.807) is 7.05 Å². The molecule has 2 N–H and O–H groups in total. The summed E-state index contributed by atoms with van der Waals surface area (Å²) in [6.07, 6.45) is 4.61. The highest BCUT2D eigenvalue weighted by Crippen LogP contribution is 2.22. The number of nitrogens with zero attached hydrogens (tertiary/aromatic N) is 2. The van der Waals surface area contributed by atoms with Gasteiger partial charge in [-0.25, -0.2) is 0 Å². The molecular weight excluding hydrogens is 467 g/mol. The topological polar surface area (TPSA) is 66.0 Å². The van der Waals surface area contributed by atoms with Crippen molar-refractivity contribution in [2.75, 3.05) is 33.4 Å². The minimum atomic E-state index is 0. The highest BCUT2D eigenvalue weighted by Gasteiger charge is 2.22. The number of benzene rings is 1. The minimum absolute atomic E-state index is 0. The zero-order valence-electron chi connectivity index (χ0n) is 17.2. The number of carbonyl (C=O) groups is 1. The number of hydrogen-bond donors (Lipinski definition) is 2. The SMILES string of the molecule is CCCCOCCCNC(=NC)NCCCC(=O)N1Cc2ccccc2C1.I. The van der Waals surface area contributed by atoms with Crippen LogP contribution in [0.4, 0.5) is 0 Å². The molecule has 2 rings (SSSR count). The van der Waals surface area contributed by atoms with Crippen LogP contribution in [-0.4, -0.2) is 50.1 Å². The van der Waals surface area contributed by atoms with E-state index in [9.17, 15) is 4.79 Å². The van der Waals surface area contributed by atoms with Gasteiger partial charge in [-0.05, 0) is 30.4 Å². The van der Waals surface area contributed by atoms with Gasteiger partial charge in [0.15, 0.2) is 5.96 Å². The largest absolute Gasteiger partial charge is 0.381 e. The summed E-state index contributed by atoms with van der Waals surface area (Å²) >= 11 is 0. The molecule has 6 nitrogen and oxygen atoms in total. The lowest BCUT2D eigenvalue weighted by molar-refractivity contribution is -0.131. The number of ether oxygens (including phenoxy) is 1. The van der Waals surface area contributed by atoms with Gasteiger partial charge in [-0.2, -0.15) is 0 Å². The Balaban J connectivity index is 0.00000392. The van der Waals surface area contributed by atoms with E-state index >= 15 is 0 Å². The van der Waals surface area contributed by atoms with Gasteiger partial charge in [-0.15, -0.1) is 24.0 Å². The van der Waals surface area contributed by atoms with E-state index in [4.69, 9.17) is 4.74 Å². The van der Waals surface area contributed by atoms with Crippen LogP contribution in [0.25, 0.3) is 0 Å². The predicted octanol–water partition coefficient (Wildman–Crippen LogP) is 3.30. The Hall–Kier alpha value is -1.35. The minimum Gasteiger partial charge on any atom is -0.381 e. The number of hydrogen-bond acceptors (Lipinski definition) is 3. The lowest BCUT2D eigenvalue weighted by atomic mass is 10.1. The molecule has 1 aromatic carbocycles. The smallest absolute Gasteiger partial charge is 0.223 e. The fraction of sp³-hybridized carbons (Fsp3) is 0.619. The van der Waals surface area contributed by atoms with Gasteiger partial charge in [0.2, 0.25) is 5.91 Å². The molecule has 0 bridgehead atoms. The van der Waals surface area contributed by atoms with Crippen LogP contribution in [0.3, 0.4) is 0 Å². The molecule has 1 heterocycles. The quantitative estimate of drug-likeness (QED) is 0.211. The molecule has 1 aliphatic rings. The van der Waals surface area contributed by atoms with Gasteiger partial charge >= 0.3 is 0 Å². The second kappa shape index (κ2) is 14.6. The van der Waals surface area contributed by atoms with Crippen molar-refractivity contribution < 1.29 is 9.53 Å². The number of rotatable bonds is 11. The third kappa shape index (κ3) is 8.77. The number of nitrogens with one attached hydrogen (secondary N) is 2. The molecular formula is C21H35IN4O2. The second-order valence-electron chi connectivity index (χ2n) is 6.87. The number of halogens is 1. The number of carbonyl (C=O) groups excluding carboxylic acids is 1. The Bertz CT molecular complexity index is 585. The Morgan fingerprint density at radius 1 is 1.07 bits per heavy atom. The monoisotopic (exact) mass is 502 g/mol. The van der Waals surface area contributed by atoms with Gasteiger partial charge in [0.1, 0.15) is 0 Å². The standard InChI is InChI=1S/C21H34N4O2.HI/c1-3-4-14-27-15-8-13-24-21(22-2)23-12-7-11-20(26)25-16-18-9-5-6-10-19(18)17-25;/h5-6,9-10H,3-4,7-8,11-17H2,1-2H3,(H2,22,23,24);1H. The first-order valence-electron chi connectivity index (χ1n) is 10.1. The Labute approximate surface area is 186 Å². The lowest BCUT2D eigenvalue weighted by Crippen LogP contribution is -2.38. The summed E-state index contributed by atoms with van der Waals surface area (Å²) in [5, 5.41) is 6.55. The van der Waals surface area contributed by atoms with Gasteiger partial charge in [0, 0.05) is 52.9 Å². The van der Waals surface area contributed by atoms with Crippen LogP contribution in [0.5, 0.6) is 0 Å². The van der Waals surface area contributed by atoms with Crippen LogP contribution in [0.2, 0.25) is 0 Å². The molecule has 0 aliphatic carbocycles. The fourth-order valence-corrected chi connectivity index (χ4v) is 3.06. The maximum Gasteiger partial charge on any atom is 0.223 e. The molecule has 0 unspecified atom stereocenters. The van der Waals surface area contributed by atoms with E-state index in [1.165, 1.54) is 17.5 Å². The highest BCUT2D eigenvalue weighted by molar-refractivity contribution is 14.0. The maximum absolute atomic E-state index is 12.4. The van der Waals surface area contributed by atoms with E-state index < -0.39 is 0 Å². The first-order chi connectivity index (χ1) is 13.2. The van der Waals surface area contributed by atoms with Crippen molar-refractivity contribution in [3.8, 4) is 0 Å².